The minimum absolute atomic E-state index is 0.497. The molecule has 0 aliphatic heterocycles. The highest BCUT2D eigenvalue weighted by atomic mass is 32.1. The Balaban J connectivity index is 1.18. The Morgan fingerprint density at radius 2 is 0.929 bits per heavy atom. The fraction of sp³-hybridized carbons (Fsp3) is 0. The number of benzene rings is 7. The summed E-state index contributed by atoms with van der Waals surface area (Å²) in [5, 5.41) is 3.38. The van der Waals surface area contributed by atoms with Gasteiger partial charge < -0.3 is 4.57 Å². The molecule has 0 unspecified atom stereocenters. The van der Waals surface area contributed by atoms with Gasteiger partial charge in [-0.05, 0) is 41.5 Å². The number of thiophene rings is 1. The van der Waals surface area contributed by atoms with Gasteiger partial charge >= 0.3 is 0 Å². The highest BCUT2D eigenvalue weighted by molar-refractivity contribution is 7.26. The lowest BCUT2D eigenvalue weighted by molar-refractivity contribution is 1.06. The van der Waals surface area contributed by atoms with Crippen molar-refractivity contribution in [2.75, 3.05) is 0 Å². The first-order valence-corrected chi connectivity index (χ1v) is 19.3. The molecule has 11 rings (SSSR count). The second kappa shape index (κ2) is 13.2. The van der Waals surface area contributed by atoms with E-state index in [1.165, 1.54) is 5.39 Å². The van der Waals surface area contributed by atoms with E-state index >= 15 is 0 Å². The molecule has 11 aromatic rings. The molecule has 0 radical (unpaired) electrons. The van der Waals surface area contributed by atoms with Crippen LogP contribution in [0.3, 0.4) is 0 Å². The molecule has 4 heterocycles. The summed E-state index contributed by atoms with van der Waals surface area (Å²) in [6.45, 7) is 0. The Hall–Kier alpha value is -7.35. The molecule has 0 spiro atoms. The zero-order valence-electron chi connectivity index (χ0n) is 29.9. The zero-order valence-corrected chi connectivity index (χ0v) is 30.7. The summed E-state index contributed by atoms with van der Waals surface area (Å²) in [6.07, 6.45) is 0. The molecule has 0 aliphatic rings. The van der Waals surface area contributed by atoms with Crippen LogP contribution in [0.4, 0.5) is 0 Å². The van der Waals surface area contributed by atoms with Gasteiger partial charge in [0, 0.05) is 43.2 Å². The Labute approximate surface area is 326 Å². The minimum Gasteiger partial charge on any atom is -0.309 e. The van der Waals surface area contributed by atoms with E-state index in [2.05, 4.69) is 144 Å². The molecule has 6 nitrogen and oxygen atoms in total. The number of nitrogens with zero attached hydrogens (tertiary/aromatic N) is 6. The zero-order chi connectivity index (χ0) is 37.0. The molecule has 0 fully saturated rings. The summed E-state index contributed by atoms with van der Waals surface area (Å²) < 4.78 is 4.38. The molecular formula is C49H30N6S. The van der Waals surface area contributed by atoms with Gasteiger partial charge in [0.15, 0.2) is 23.3 Å². The Morgan fingerprint density at radius 1 is 0.375 bits per heavy atom. The third-order valence-corrected chi connectivity index (χ3v) is 11.5. The Kier molecular flexibility index (Phi) is 7.57. The molecule has 0 amide bonds. The lowest BCUT2D eigenvalue weighted by atomic mass is 10.0. The summed E-state index contributed by atoms with van der Waals surface area (Å²) in [5.41, 5.74) is 9.79. The van der Waals surface area contributed by atoms with Gasteiger partial charge in [0.05, 0.1) is 21.3 Å². The predicted octanol–water partition coefficient (Wildman–Crippen LogP) is 12.5. The van der Waals surface area contributed by atoms with E-state index in [1.54, 1.807) is 11.3 Å². The molecule has 262 valence electrons. The van der Waals surface area contributed by atoms with Crippen LogP contribution in [0.2, 0.25) is 0 Å². The lowest BCUT2D eigenvalue weighted by Crippen LogP contribution is -2.03. The van der Waals surface area contributed by atoms with Crippen LogP contribution in [0.15, 0.2) is 182 Å². The average Bonchev–Trinajstić information content (AvgIpc) is 3.83. The van der Waals surface area contributed by atoms with Crippen LogP contribution in [-0.4, -0.2) is 29.5 Å². The van der Waals surface area contributed by atoms with Crippen molar-refractivity contribution in [3.8, 4) is 62.5 Å². The van der Waals surface area contributed by atoms with Gasteiger partial charge in [-0.2, -0.15) is 0 Å². The first-order chi connectivity index (χ1) is 27.8. The van der Waals surface area contributed by atoms with Crippen molar-refractivity contribution in [1.82, 2.24) is 29.5 Å². The molecule has 0 saturated carbocycles. The fourth-order valence-electron chi connectivity index (χ4n) is 7.68. The number of hydrogen-bond donors (Lipinski definition) is 0. The number of fused-ring (bicyclic) bond motifs is 6. The number of hydrogen-bond acceptors (Lipinski definition) is 6. The molecular weight excluding hydrogens is 705 g/mol. The van der Waals surface area contributed by atoms with Gasteiger partial charge in [-0.25, -0.2) is 24.9 Å². The standard InChI is InChI=1S/C49H30N6S/c1-4-15-31(16-5-1)32-27-29-34(30-28-32)47-52-46(33-17-6-2-7-18-33)53-49(54-47)43-45-42(38-22-11-13-26-41(38)56-45)50-48(51-43)39-24-14-23-37-36-21-10-12-25-40(36)55(44(37)39)35-19-8-3-9-20-35/h1-30H. The summed E-state index contributed by atoms with van der Waals surface area (Å²) in [5.74, 6) is 2.27. The molecule has 56 heavy (non-hydrogen) atoms. The van der Waals surface area contributed by atoms with Gasteiger partial charge in [0.1, 0.15) is 5.69 Å². The molecule has 0 bridgehead atoms. The first kappa shape index (κ1) is 32.1. The predicted molar refractivity (Wildman–Crippen MR) is 230 cm³/mol. The highest BCUT2D eigenvalue weighted by Crippen LogP contribution is 2.42. The van der Waals surface area contributed by atoms with E-state index in [9.17, 15) is 0 Å². The molecule has 0 saturated heterocycles. The van der Waals surface area contributed by atoms with Crippen molar-refractivity contribution >= 4 is 53.4 Å². The number of para-hydroxylation sites is 3. The largest absolute Gasteiger partial charge is 0.309 e. The SMILES string of the molecule is c1ccc(-c2ccc(-c3nc(-c4ccccc4)nc(-c4nc(-c5cccc6c7ccccc7n(-c7ccccc7)c56)nc5c4sc4ccccc45)n3)cc2)cc1. The second-order valence-electron chi connectivity index (χ2n) is 13.7. The van der Waals surface area contributed by atoms with Crippen molar-refractivity contribution in [2.24, 2.45) is 0 Å². The average molecular weight is 735 g/mol. The molecule has 0 N–H and O–H groups in total. The minimum atomic E-state index is 0.497. The molecule has 0 atom stereocenters. The summed E-state index contributed by atoms with van der Waals surface area (Å²) in [4.78, 5) is 26.3. The van der Waals surface area contributed by atoms with Crippen molar-refractivity contribution < 1.29 is 0 Å². The van der Waals surface area contributed by atoms with Gasteiger partial charge in [-0.15, -0.1) is 11.3 Å². The van der Waals surface area contributed by atoms with E-state index in [0.717, 1.165) is 70.2 Å². The Morgan fingerprint density at radius 3 is 1.68 bits per heavy atom. The molecule has 7 heteroatoms. The maximum atomic E-state index is 5.45. The fourth-order valence-corrected chi connectivity index (χ4v) is 8.80. The van der Waals surface area contributed by atoms with Crippen molar-refractivity contribution in [3.05, 3.63) is 182 Å². The van der Waals surface area contributed by atoms with Crippen LogP contribution in [0.5, 0.6) is 0 Å². The monoisotopic (exact) mass is 734 g/mol. The van der Waals surface area contributed by atoms with Crippen LogP contribution in [0.1, 0.15) is 0 Å². The van der Waals surface area contributed by atoms with Crippen LogP contribution in [0, 0.1) is 0 Å². The van der Waals surface area contributed by atoms with E-state index in [4.69, 9.17) is 24.9 Å². The van der Waals surface area contributed by atoms with E-state index in [0.29, 0.717) is 29.0 Å². The van der Waals surface area contributed by atoms with Crippen LogP contribution >= 0.6 is 11.3 Å². The van der Waals surface area contributed by atoms with Gasteiger partial charge in [-0.3, -0.25) is 0 Å². The van der Waals surface area contributed by atoms with Crippen LogP contribution < -0.4 is 0 Å². The van der Waals surface area contributed by atoms with Gasteiger partial charge in [0.2, 0.25) is 0 Å². The second-order valence-corrected chi connectivity index (χ2v) is 14.7. The lowest BCUT2D eigenvalue weighted by Gasteiger charge is -2.12. The molecule has 0 aliphatic carbocycles. The maximum Gasteiger partial charge on any atom is 0.184 e. The van der Waals surface area contributed by atoms with E-state index < -0.39 is 0 Å². The third-order valence-electron chi connectivity index (χ3n) is 10.3. The number of rotatable bonds is 6. The van der Waals surface area contributed by atoms with Crippen LogP contribution in [0.25, 0.3) is 105 Å². The third kappa shape index (κ3) is 5.36. The number of aromatic nitrogens is 6. The van der Waals surface area contributed by atoms with Crippen molar-refractivity contribution in [1.29, 1.82) is 0 Å². The highest BCUT2D eigenvalue weighted by Gasteiger charge is 2.23. The van der Waals surface area contributed by atoms with Crippen molar-refractivity contribution in [3.63, 3.8) is 0 Å². The molecule has 7 aromatic carbocycles. The van der Waals surface area contributed by atoms with E-state index in [1.807, 2.05) is 42.5 Å². The van der Waals surface area contributed by atoms with Crippen LogP contribution in [-0.2, 0) is 0 Å². The van der Waals surface area contributed by atoms with E-state index in [-0.39, 0.29) is 0 Å². The summed E-state index contributed by atoms with van der Waals surface area (Å²) >= 11 is 1.67. The summed E-state index contributed by atoms with van der Waals surface area (Å²) in [7, 11) is 0. The van der Waals surface area contributed by atoms with Gasteiger partial charge in [-0.1, -0.05) is 152 Å². The molecule has 4 aromatic heterocycles. The first-order valence-electron chi connectivity index (χ1n) is 18.5. The quantitative estimate of drug-likeness (QED) is 0.170. The van der Waals surface area contributed by atoms with Gasteiger partial charge in [0.25, 0.3) is 0 Å². The Bertz CT molecular complexity index is 3230. The smallest absolute Gasteiger partial charge is 0.184 e. The summed E-state index contributed by atoms with van der Waals surface area (Å²) in [6, 6.07) is 62.8. The topological polar surface area (TPSA) is 69.4 Å². The maximum absolute atomic E-state index is 5.45. The normalized spacial score (nSPS) is 11.6. The van der Waals surface area contributed by atoms with Crippen molar-refractivity contribution in [2.45, 2.75) is 0 Å².